The molecule has 0 aromatic heterocycles. The van der Waals surface area contributed by atoms with Gasteiger partial charge in [-0.1, -0.05) is 13.3 Å². The van der Waals surface area contributed by atoms with Crippen LogP contribution < -0.4 is 0 Å². The number of alkyl halides is 1. The van der Waals surface area contributed by atoms with Gasteiger partial charge in [-0.3, -0.25) is 4.79 Å². The lowest BCUT2D eigenvalue weighted by molar-refractivity contribution is -0.240. The molecule has 2 heterocycles. The minimum absolute atomic E-state index is 0.0851. The van der Waals surface area contributed by atoms with Gasteiger partial charge in [-0.2, -0.15) is 0 Å². The zero-order valence-corrected chi connectivity index (χ0v) is 13.0. The highest BCUT2D eigenvalue weighted by atomic mass is 35.5. The van der Waals surface area contributed by atoms with Gasteiger partial charge in [-0.05, 0) is 19.8 Å². The first-order valence-electron chi connectivity index (χ1n) is 7.10. The molecule has 114 valence electrons. The predicted molar refractivity (Wildman–Crippen MR) is 74.6 cm³/mol. The molecular weight excluding hydrogens is 282 g/mol. The van der Waals surface area contributed by atoms with E-state index in [1.54, 1.807) is 7.05 Å². The summed E-state index contributed by atoms with van der Waals surface area (Å²) in [6.45, 7) is 4.68. The summed E-state index contributed by atoms with van der Waals surface area (Å²) in [5.74, 6) is -0.468. The van der Waals surface area contributed by atoms with Crippen molar-refractivity contribution < 1.29 is 19.1 Å². The van der Waals surface area contributed by atoms with Gasteiger partial charge in [-0.25, -0.2) is 4.79 Å². The second-order valence-electron chi connectivity index (χ2n) is 5.69. The Hall–Kier alpha value is -0.810. The molecule has 1 amide bonds. The van der Waals surface area contributed by atoms with Crippen LogP contribution in [0, 0.1) is 5.92 Å². The van der Waals surface area contributed by atoms with Gasteiger partial charge in [0.15, 0.2) is 5.60 Å². The fourth-order valence-corrected chi connectivity index (χ4v) is 3.50. The first-order valence-corrected chi connectivity index (χ1v) is 7.64. The van der Waals surface area contributed by atoms with E-state index in [0.717, 1.165) is 12.8 Å². The molecule has 2 fully saturated rings. The number of esters is 1. The van der Waals surface area contributed by atoms with Crippen LogP contribution in [0.25, 0.3) is 0 Å². The number of carbonyl (C=O) groups is 2. The number of amides is 1. The van der Waals surface area contributed by atoms with Gasteiger partial charge in [0.2, 0.25) is 11.4 Å². The Morgan fingerprint density at radius 2 is 2.15 bits per heavy atom. The molecule has 0 aliphatic carbocycles. The number of carbonyl (C=O) groups excluding carboxylic acids is 2. The highest BCUT2D eigenvalue weighted by molar-refractivity contribution is 6.18. The maximum atomic E-state index is 12.4. The van der Waals surface area contributed by atoms with E-state index < -0.39 is 11.1 Å². The zero-order valence-electron chi connectivity index (χ0n) is 12.3. The number of likely N-dealkylation sites (tertiary alicyclic amines) is 1. The van der Waals surface area contributed by atoms with Crippen LogP contribution in [0.4, 0.5) is 0 Å². The van der Waals surface area contributed by atoms with Crippen LogP contribution in [-0.4, -0.2) is 54.1 Å². The average molecular weight is 304 g/mol. The Labute approximate surface area is 124 Å². The normalized spacial score (nSPS) is 35.8. The average Bonchev–Trinajstić information content (AvgIpc) is 2.53. The number of ether oxygens (including phenoxy) is 2. The van der Waals surface area contributed by atoms with Gasteiger partial charge >= 0.3 is 5.97 Å². The number of fused-ring (bicyclic) bond motifs is 1. The second kappa shape index (κ2) is 5.53. The molecule has 3 atom stereocenters. The van der Waals surface area contributed by atoms with Crippen LogP contribution in [0.1, 0.15) is 33.1 Å². The fraction of sp³-hybridized carbons (Fsp3) is 0.857. The van der Waals surface area contributed by atoms with Crippen LogP contribution in [0.15, 0.2) is 0 Å². The van der Waals surface area contributed by atoms with Crippen molar-refractivity contribution in [1.29, 1.82) is 0 Å². The van der Waals surface area contributed by atoms with Gasteiger partial charge in [0.25, 0.3) is 0 Å². The van der Waals surface area contributed by atoms with E-state index in [-0.39, 0.29) is 24.4 Å². The topological polar surface area (TPSA) is 55.8 Å². The zero-order chi connectivity index (χ0) is 15.0. The number of halogens is 1. The Bertz CT molecular complexity index is 416. The Kier molecular flexibility index (Phi) is 4.30. The van der Waals surface area contributed by atoms with Gasteiger partial charge in [-0.15, -0.1) is 11.6 Å². The van der Waals surface area contributed by atoms with Gasteiger partial charge in [0, 0.05) is 19.5 Å². The molecule has 0 radical (unpaired) electrons. The third kappa shape index (κ3) is 1.86. The number of nitrogens with zero attached hydrogens (tertiary/aromatic N) is 1. The highest BCUT2D eigenvalue weighted by Crippen LogP contribution is 2.54. The molecule has 6 heteroatoms. The molecule has 0 spiro atoms. The molecule has 2 aliphatic heterocycles. The third-order valence-corrected chi connectivity index (χ3v) is 4.90. The van der Waals surface area contributed by atoms with E-state index >= 15 is 0 Å². The molecule has 1 unspecified atom stereocenters. The van der Waals surface area contributed by atoms with Crippen LogP contribution in [-0.2, 0) is 19.1 Å². The van der Waals surface area contributed by atoms with Crippen molar-refractivity contribution in [3.05, 3.63) is 0 Å². The third-order valence-electron chi connectivity index (χ3n) is 4.68. The lowest BCUT2D eigenvalue weighted by Crippen LogP contribution is -2.76. The van der Waals surface area contributed by atoms with Crippen LogP contribution in [0.5, 0.6) is 0 Å². The number of rotatable bonds is 7. The van der Waals surface area contributed by atoms with Crippen molar-refractivity contribution in [2.45, 2.75) is 44.2 Å². The van der Waals surface area contributed by atoms with Gasteiger partial charge in [0.1, 0.15) is 0 Å². The largest absolute Gasteiger partial charge is 0.453 e. The van der Waals surface area contributed by atoms with Crippen LogP contribution in [0.3, 0.4) is 0 Å². The van der Waals surface area contributed by atoms with E-state index in [0.29, 0.717) is 18.9 Å². The minimum atomic E-state index is -0.978. The Morgan fingerprint density at radius 1 is 1.45 bits per heavy atom. The minimum Gasteiger partial charge on any atom is -0.453 e. The van der Waals surface area contributed by atoms with Crippen molar-refractivity contribution >= 4 is 23.5 Å². The molecule has 2 rings (SSSR count). The van der Waals surface area contributed by atoms with Crippen molar-refractivity contribution in [2.75, 3.05) is 26.1 Å². The number of unbranched alkanes of at least 4 members (excludes halogenated alkanes) is 1. The summed E-state index contributed by atoms with van der Waals surface area (Å²) >= 11 is 5.78. The van der Waals surface area contributed by atoms with Crippen molar-refractivity contribution in [2.24, 2.45) is 5.92 Å². The molecule has 5 nitrogen and oxygen atoms in total. The molecule has 0 aromatic rings. The maximum absolute atomic E-state index is 12.4. The molecular formula is C14H22ClNO4. The van der Waals surface area contributed by atoms with Crippen molar-refractivity contribution in [3.8, 4) is 0 Å². The number of hydrogen-bond acceptors (Lipinski definition) is 4. The molecule has 0 N–H and O–H groups in total. The molecule has 2 aliphatic rings. The van der Waals surface area contributed by atoms with Gasteiger partial charge < -0.3 is 14.4 Å². The summed E-state index contributed by atoms with van der Waals surface area (Å²) in [5, 5.41) is 0. The van der Waals surface area contributed by atoms with E-state index in [1.165, 1.54) is 4.90 Å². The van der Waals surface area contributed by atoms with Crippen molar-refractivity contribution in [1.82, 2.24) is 4.90 Å². The van der Waals surface area contributed by atoms with Gasteiger partial charge in [0.05, 0.1) is 12.5 Å². The smallest absolute Gasteiger partial charge is 0.339 e. The summed E-state index contributed by atoms with van der Waals surface area (Å²) in [6.07, 6.45) is 2.47. The van der Waals surface area contributed by atoms with E-state index in [4.69, 9.17) is 21.1 Å². The van der Waals surface area contributed by atoms with E-state index in [1.807, 2.05) is 6.92 Å². The first kappa shape index (κ1) is 15.6. The summed E-state index contributed by atoms with van der Waals surface area (Å²) in [5.41, 5.74) is -1.80. The first-order chi connectivity index (χ1) is 9.45. The molecule has 0 saturated carbocycles. The quantitative estimate of drug-likeness (QED) is 0.407. The molecule has 0 bridgehead atoms. The van der Waals surface area contributed by atoms with E-state index in [2.05, 4.69) is 6.92 Å². The standard InChI is InChI=1S/C14H22ClNO4/c1-4-5-8-19-9-14-12(18)20-13(14,2)10(6-7-15)11(17)16(14)3/h10H,4-9H2,1-3H3/t10-,13-,14?/m1/s1. The monoisotopic (exact) mass is 303 g/mol. The predicted octanol–water partition coefficient (Wildman–Crippen LogP) is 1.57. The molecule has 2 saturated heterocycles. The van der Waals surface area contributed by atoms with E-state index in [9.17, 15) is 9.59 Å². The maximum Gasteiger partial charge on any atom is 0.339 e. The SMILES string of the molecule is CCCCOCC12C(=O)O[C@]1(C)[C@H](CCCl)C(=O)N2C. The lowest BCUT2D eigenvalue weighted by Gasteiger charge is -2.53. The number of hydrogen-bond donors (Lipinski definition) is 0. The summed E-state index contributed by atoms with van der Waals surface area (Å²) in [4.78, 5) is 26.0. The highest BCUT2D eigenvalue weighted by Gasteiger charge is 2.78. The van der Waals surface area contributed by atoms with Crippen LogP contribution >= 0.6 is 11.6 Å². The molecule has 0 aromatic carbocycles. The second-order valence-corrected chi connectivity index (χ2v) is 6.07. The lowest BCUT2D eigenvalue weighted by atomic mass is 9.71. The molecule has 20 heavy (non-hydrogen) atoms. The number of likely N-dealkylation sites (N-methyl/N-ethyl adjacent to an activating group) is 1. The summed E-state index contributed by atoms with van der Waals surface area (Å²) in [6, 6.07) is 0. The Balaban J connectivity index is 2.19. The Morgan fingerprint density at radius 3 is 2.70 bits per heavy atom. The summed E-state index contributed by atoms with van der Waals surface area (Å²) < 4.78 is 11.0. The van der Waals surface area contributed by atoms with Crippen molar-refractivity contribution in [3.63, 3.8) is 0 Å². The fourth-order valence-electron chi connectivity index (χ4n) is 3.28. The summed E-state index contributed by atoms with van der Waals surface area (Å²) in [7, 11) is 1.65. The van der Waals surface area contributed by atoms with Crippen LogP contribution in [0.2, 0.25) is 0 Å².